The fourth-order valence-electron chi connectivity index (χ4n) is 2.08. The number of hydrogen-bond donors (Lipinski definition) is 2. The molecule has 0 saturated carbocycles. The van der Waals surface area contributed by atoms with Crippen molar-refractivity contribution in [1.29, 1.82) is 0 Å². The van der Waals surface area contributed by atoms with E-state index in [1.54, 1.807) is 31.4 Å². The first kappa shape index (κ1) is 15.1. The van der Waals surface area contributed by atoms with Crippen LogP contribution in [0.2, 0.25) is 0 Å². The predicted molar refractivity (Wildman–Crippen MR) is 81.0 cm³/mol. The minimum atomic E-state index is -1.22. The molecule has 2 aromatic carbocycles. The highest BCUT2D eigenvalue weighted by Crippen LogP contribution is 2.20. The van der Waals surface area contributed by atoms with Crippen LogP contribution in [0.4, 0.5) is 0 Å². The Morgan fingerprint density at radius 2 is 1.76 bits per heavy atom. The van der Waals surface area contributed by atoms with Crippen molar-refractivity contribution in [2.24, 2.45) is 0 Å². The highest BCUT2D eigenvalue weighted by molar-refractivity contribution is 5.82. The number of nitrogens with one attached hydrogen (secondary N) is 1. The standard InChI is InChI=1S/C17H19NO3/c1-12(13-7-4-3-5-8-13)18-17(20)16(19)14-9-6-10-15(11-14)21-2/h3-12,16,19H,1-2H3,(H,18,20). The van der Waals surface area contributed by atoms with E-state index in [9.17, 15) is 9.90 Å². The predicted octanol–water partition coefficient (Wildman–Crippen LogP) is 2.61. The molecule has 0 aromatic heterocycles. The molecule has 2 aromatic rings. The van der Waals surface area contributed by atoms with Crippen molar-refractivity contribution in [3.63, 3.8) is 0 Å². The van der Waals surface area contributed by atoms with Gasteiger partial charge in [-0.15, -0.1) is 0 Å². The normalized spacial score (nSPS) is 13.3. The fourth-order valence-corrected chi connectivity index (χ4v) is 2.08. The third kappa shape index (κ3) is 3.83. The van der Waals surface area contributed by atoms with Crippen LogP contribution in [0.25, 0.3) is 0 Å². The minimum Gasteiger partial charge on any atom is -0.497 e. The van der Waals surface area contributed by atoms with Crippen LogP contribution >= 0.6 is 0 Å². The second-order valence-corrected chi connectivity index (χ2v) is 4.82. The molecule has 4 nitrogen and oxygen atoms in total. The Hall–Kier alpha value is -2.33. The number of aliphatic hydroxyl groups is 1. The van der Waals surface area contributed by atoms with E-state index in [1.807, 2.05) is 37.3 Å². The van der Waals surface area contributed by atoms with Crippen molar-refractivity contribution in [2.45, 2.75) is 19.1 Å². The molecule has 0 spiro atoms. The molecule has 21 heavy (non-hydrogen) atoms. The molecular weight excluding hydrogens is 266 g/mol. The first-order valence-corrected chi connectivity index (χ1v) is 6.79. The average Bonchev–Trinajstić information content (AvgIpc) is 2.54. The summed E-state index contributed by atoms with van der Waals surface area (Å²) in [5.74, 6) is 0.176. The van der Waals surface area contributed by atoms with Crippen molar-refractivity contribution in [2.75, 3.05) is 7.11 Å². The summed E-state index contributed by atoms with van der Waals surface area (Å²) in [4.78, 5) is 12.1. The Bertz CT molecular complexity index is 598. The van der Waals surface area contributed by atoms with Crippen molar-refractivity contribution in [3.8, 4) is 5.75 Å². The van der Waals surface area contributed by atoms with Crippen LogP contribution in [0.15, 0.2) is 54.6 Å². The van der Waals surface area contributed by atoms with Gasteiger partial charge in [0, 0.05) is 0 Å². The molecule has 2 N–H and O–H groups in total. The van der Waals surface area contributed by atoms with Crippen LogP contribution in [0.1, 0.15) is 30.2 Å². The lowest BCUT2D eigenvalue weighted by molar-refractivity contribution is -0.130. The van der Waals surface area contributed by atoms with Gasteiger partial charge in [-0.1, -0.05) is 42.5 Å². The van der Waals surface area contributed by atoms with Crippen molar-refractivity contribution in [3.05, 3.63) is 65.7 Å². The Labute approximate surface area is 124 Å². The molecule has 0 aliphatic heterocycles. The molecule has 4 heteroatoms. The Balaban J connectivity index is 2.05. The van der Waals surface area contributed by atoms with Gasteiger partial charge in [0.1, 0.15) is 5.75 Å². The van der Waals surface area contributed by atoms with E-state index in [1.165, 1.54) is 0 Å². The van der Waals surface area contributed by atoms with Gasteiger partial charge < -0.3 is 15.2 Å². The van der Waals surface area contributed by atoms with Crippen LogP contribution < -0.4 is 10.1 Å². The quantitative estimate of drug-likeness (QED) is 0.887. The minimum absolute atomic E-state index is 0.168. The number of rotatable bonds is 5. The molecular formula is C17H19NO3. The second kappa shape index (κ2) is 6.90. The van der Waals surface area contributed by atoms with Gasteiger partial charge in [0.15, 0.2) is 6.10 Å². The highest BCUT2D eigenvalue weighted by Gasteiger charge is 2.20. The number of aliphatic hydroxyl groups excluding tert-OH is 1. The summed E-state index contributed by atoms with van der Waals surface area (Å²) in [5, 5.41) is 12.9. The van der Waals surface area contributed by atoms with E-state index in [-0.39, 0.29) is 6.04 Å². The third-order valence-electron chi connectivity index (χ3n) is 3.32. The largest absolute Gasteiger partial charge is 0.497 e. The lowest BCUT2D eigenvalue weighted by Gasteiger charge is -2.17. The number of benzene rings is 2. The first-order valence-electron chi connectivity index (χ1n) is 6.79. The lowest BCUT2D eigenvalue weighted by Crippen LogP contribution is -2.31. The number of carbonyl (C=O) groups excluding carboxylic acids is 1. The zero-order chi connectivity index (χ0) is 15.2. The summed E-state index contributed by atoms with van der Waals surface area (Å²) in [5.41, 5.74) is 1.50. The highest BCUT2D eigenvalue weighted by atomic mass is 16.5. The Morgan fingerprint density at radius 3 is 2.43 bits per heavy atom. The Kier molecular flexibility index (Phi) is 4.95. The number of ether oxygens (including phenoxy) is 1. The van der Waals surface area contributed by atoms with Crippen LogP contribution in [0.3, 0.4) is 0 Å². The molecule has 0 radical (unpaired) electrons. The molecule has 110 valence electrons. The Morgan fingerprint density at radius 1 is 1.10 bits per heavy atom. The topological polar surface area (TPSA) is 58.6 Å². The van der Waals surface area contributed by atoms with Gasteiger partial charge >= 0.3 is 0 Å². The van der Waals surface area contributed by atoms with Crippen LogP contribution in [0, 0.1) is 0 Å². The SMILES string of the molecule is COc1cccc(C(O)C(=O)NC(C)c2ccccc2)c1. The van der Waals surface area contributed by atoms with Crippen LogP contribution in [-0.2, 0) is 4.79 Å². The fraction of sp³-hybridized carbons (Fsp3) is 0.235. The van der Waals surface area contributed by atoms with Gasteiger partial charge in [-0.2, -0.15) is 0 Å². The summed E-state index contributed by atoms with van der Waals surface area (Å²) < 4.78 is 5.09. The van der Waals surface area contributed by atoms with Crippen molar-refractivity contribution >= 4 is 5.91 Å². The van der Waals surface area contributed by atoms with Crippen LogP contribution in [-0.4, -0.2) is 18.1 Å². The smallest absolute Gasteiger partial charge is 0.253 e. The average molecular weight is 285 g/mol. The van der Waals surface area contributed by atoms with E-state index in [0.29, 0.717) is 11.3 Å². The first-order chi connectivity index (χ1) is 10.1. The van der Waals surface area contributed by atoms with Crippen molar-refractivity contribution in [1.82, 2.24) is 5.32 Å². The maximum atomic E-state index is 12.1. The van der Waals surface area contributed by atoms with Crippen LogP contribution in [0.5, 0.6) is 5.75 Å². The van der Waals surface area contributed by atoms with Gasteiger partial charge in [0.25, 0.3) is 5.91 Å². The molecule has 2 unspecified atom stereocenters. The van der Waals surface area contributed by atoms with Gasteiger partial charge in [0.2, 0.25) is 0 Å². The maximum absolute atomic E-state index is 12.1. The van der Waals surface area contributed by atoms with E-state index in [0.717, 1.165) is 5.56 Å². The molecule has 0 aliphatic carbocycles. The van der Waals surface area contributed by atoms with Gasteiger partial charge in [-0.25, -0.2) is 0 Å². The van der Waals surface area contributed by atoms with E-state index >= 15 is 0 Å². The zero-order valence-corrected chi connectivity index (χ0v) is 12.1. The molecule has 0 aliphatic rings. The van der Waals surface area contributed by atoms with E-state index < -0.39 is 12.0 Å². The lowest BCUT2D eigenvalue weighted by atomic mass is 10.1. The van der Waals surface area contributed by atoms with Gasteiger partial charge in [-0.05, 0) is 30.2 Å². The molecule has 2 rings (SSSR count). The number of carbonyl (C=O) groups is 1. The number of amides is 1. The monoisotopic (exact) mass is 285 g/mol. The molecule has 0 fully saturated rings. The molecule has 0 heterocycles. The molecule has 0 saturated heterocycles. The summed E-state index contributed by atoms with van der Waals surface area (Å²) in [6.45, 7) is 1.88. The van der Waals surface area contributed by atoms with E-state index in [4.69, 9.17) is 4.74 Å². The maximum Gasteiger partial charge on any atom is 0.253 e. The third-order valence-corrected chi connectivity index (χ3v) is 3.32. The number of methoxy groups -OCH3 is 1. The summed E-state index contributed by atoms with van der Waals surface area (Å²) in [6, 6.07) is 16.3. The van der Waals surface area contributed by atoms with Gasteiger partial charge in [0.05, 0.1) is 13.2 Å². The van der Waals surface area contributed by atoms with Crippen molar-refractivity contribution < 1.29 is 14.6 Å². The van der Waals surface area contributed by atoms with Gasteiger partial charge in [-0.3, -0.25) is 4.79 Å². The number of hydrogen-bond acceptors (Lipinski definition) is 3. The van der Waals surface area contributed by atoms with E-state index in [2.05, 4.69) is 5.32 Å². The zero-order valence-electron chi connectivity index (χ0n) is 12.1. The summed E-state index contributed by atoms with van der Waals surface area (Å²) in [7, 11) is 1.54. The molecule has 1 amide bonds. The second-order valence-electron chi connectivity index (χ2n) is 4.82. The summed E-state index contributed by atoms with van der Waals surface area (Å²) in [6.07, 6.45) is -1.22. The molecule has 2 atom stereocenters. The molecule has 0 bridgehead atoms. The summed E-state index contributed by atoms with van der Waals surface area (Å²) >= 11 is 0.